The molecule has 1 fully saturated rings. The molecule has 1 aromatic rings. The van der Waals surface area contributed by atoms with Gasteiger partial charge in [-0.25, -0.2) is 8.42 Å². The molecule has 0 aliphatic carbocycles. The molecule has 0 bridgehead atoms. The number of anilines is 1. The lowest BCUT2D eigenvalue weighted by Gasteiger charge is -2.17. The second-order valence-corrected chi connectivity index (χ2v) is 7.28. The normalized spacial score (nSPS) is 22.9. The molecule has 0 unspecified atom stereocenters. The predicted octanol–water partition coefficient (Wildman–Crippen LogP) is 0.590. The average Bonchev–Trinajstić information content (AvgIpc) is 2.93. The van der Waals surface area contributed by atoms with Gasteiger partial charge in [-0.2, -0.15) is 4.31 Å². The van der Waals surface area contributed by atoms with Crippen molar-refractivity contribution in [1.29, 1.82) is 0 Å². The van der Waals surface area contributed by atoms with E-state index in [1.807, 2.05) is 0 Å². The van der Waals surface area contributed by atoms with Gasteiger partial charge in [0, 0.05) is 18.8 Å². The van der Waals surface area contributed by atoms with Crippen LogP contribution in [-0.2, 0) is 21.2 Å². The van der Waals surface area contributed by atoms with Crippen LogP contribution in [0, 0.1) is 0 Å². The SMILES string of the molecule is O=C1Cc2cc(S(=O)(=O)N3CC[C@H](O)C3)c(Cl)cc2N1. The zero-order valence-electron chi connectivity index (χ0n) is 10.5. The number of aliphatic hydroxyl groups is 1. The fourth-order valence-electron chi connectivity index (χ4n) is 2.49. The van der Waals surface area contributed by atoms with Gasteiger partial charge < -0.3 is 10.4 Å². The Morgan fingerprint density at radius 3 is 2.80 bits per heavy atom. The molecule has 2 N–H and O–H groups in total. The van der Waals surface area contributed by atoms with Crippen LogP contribution in [-0.4, -0.2) is 42.9 Å². The summed E-state index contributed by atoms with van der Waals surface area (Å²) in [5.74, 6) is -0.179. The molecule has 108 valence electrons. The van der Waals surface area contributed by atoms with Crippen LogP contribution in [0.2, 0.25) is 5.02 Å². The number of benzene rings is 1. The third-order valence-corrected chi connectivity index (χ3v) is 5.86. The maximum absolute atomic E-state index is 12.5. The van der Waals surface area contributed by atoms with Crippen molar-refractivity contribution in [3.05, 3.63) is 22.7 Å². The Labute approximate surface area is 121 Å². The lowest BCUT2D eigenvalue weighted by atomic mass is 10.2. The molecule has 1 amide bonds. The Bertz CT molecular complexity index is 689. The van der Waals surface area contributed by atoms with Gasteiger partial charge in [-0.1, -0.05) is 11.6 Å². The molecule has 0 aromatic heterocycles. The number of hydrogen-bond acceptors (Lipinski definition) is 4. The van der Waals surface area contributed by atoms with Crippen LogP contribution in [0.25, 0.3) is 0 Å². The molecular weight excluding hydrogens is 304 g/mol. The number of amides is 1. The Morgan fingerprint density at radius 2 is 2.15 bits per heavy atom. The number of sulfonamides is 1. The highest BCUT2D eigenvalue weighted by atomic mass is 35.5. The number of rotatable bonds is 2. The van der Waals surface area contributed by atoms with Gasteiger partial charge in [0.25, 0.3) is 0 Å². The molecule has 2 aliphatic heterocycles. The summed E-state index contributed by atoms with van der Waals surface area (Å²) < 4.78 is 26.2. The van der Waals surface area contributed by atoms with E-state index in [1.54, 1.807) is 0 Å². The Hall–Kier alpha value is -1.15. The third kappa shape index (κ3) is 2.20. The molecular formula is C12H13ClN2O4S. The number of hydrogen-bond donors (Lipinski definition) is 2. The van der Waals surface area contributed by atoms with E-state index >= 15 is 0 Å². The third-order valence-electron chi connectivity index (χ3n) is 3.53. The van der Waals surface area contributed by atoms with E-state index < -0.39 is 16.1 Å². The molecule has 0 radical (unpaired) electrons. The molecule has 3 rings (SSSR count). The second kappa shape index (κ2) is 4.70. The highest BCUT2D eigenvalue weighted by Crippen LogP contribution is 2.34. The fourth-order valence-corrected chi connectivity index (χ4v) is 4.54. The van der Waals surface area contributed by atoms with E-state index in [0.717, 1.165) is 0 Å². The first kappa shape index (κ1) is 13.8. The van der Waals surface area contributed by atoms with Gasteiger partial charge >= 0.3 is 0 Å². The molecule has 0 saturated carbocycles. The van der Waals surface area contributed by atoms with E-state index in [2.05, 4.69) is 5.32 Å². The van der Waals surface area contributed by atoms with Crippen molar-refractivity contribution < 1.29 is 18.3 Å². The summed E-state index contributed by atoms with van der Waals surface area (Å²) in [6.07, 6.45) is -0.0688. The van der Waals surface area contributed by atoms with Crippen molar-refractivity contribution in [1.82, 2.24) is 4.31 Å². The van der Waals surface area contributed by atoms with E-state index in [-0.39, 0.29) is 35.3 Å². The minimum Gasteiger partial charge on any atom is -0.392 e. The lowest BCUT2D eigenvalue weighted by Crippen LogP contribution is -2.30. The first-order valence-corrected chi connectivity index (χ1v) is 8.00. The van der Waals surface area contributed by atoms with Gasteiger partial charge in [-0.3, -0.25) is 4.79 Å². The smallest absolute Gasteiger partial charge is 0.244 e. The van der Waals surface area contributed by atoms with Crippen LogP contribution in [0.1, 0.15) is 12.0 Å². The minimum absolute atomic E-state index is 0.0106. The maximum Gasteiger partial charge on any atom is 0.244 e. The summed E-state index contributed by atoms with van der Waals surface area (Å²) in [7, 11) is -3.74. The quantitative estimate of drug-likeness (QED) is 0.836. The number of halogens is 1. The maximum atomic E-state index is 12.5. The van der Waals surface area contributed by atoms with E-state index in [9.17, 15) is 18.3 Å². The van der Waals surface area contributed by atoms with Gasteiger partial charge in [-0.05, 0) is 24.1 Å². The van der Waals surface area contributed by atoms with Crippen molar-refractivity contribution in [2.45, 2.75) is 23.8 Å². The number of nitrogens with zero attached hydrogens (tertiary/aromatic N) is 1. The highest BCUT2D eigenvalue weighted by Gasteiger charge is 2.34. The Morgan fingerprint density at radius 1 is 1.40 bits per heavy atom. The summed E-state index contributed by atoms with van der Waals surface area (Å²) in [6.45, 7) is 0.348. The molecule has 1 saturated heterocycles. The number of nitrogens with one attached hydrogen (secondary N) is 1. The topological polar surface area (TPSA) is 86.7 Å². The number of fused-ring (bicyclic) bond motifs is 1. The Kier molecular flexibility index (Phi) is 3.24. The second-order valence-electron chi connectivity index (χ2n) is 4.97. The van der Waals surface area contributed by atoms with Crippen molar-refractivity contribution in [2.75, 3.05) is 18.4 Å². The van der Waals surface area contributed by atoms with Crippen LogP contribution < -0.4 is 5.32 Å². The largest absolute Gasteiger partial charge is 0.392 e. The van der Waals surface area contributed by atoms with Crippen molar-refractivity contribution in [2.24, 2.45) is 0 Å². The molecule has 2 aliphatic rings. The van der Waals surface area contributed by atoms with Crippen LogP contribution in [0.3, 0.4) is 0 Å². The highest BCUT2D eigenvalue weighted by molar-refractivity contribution is 7.89. The van der Waals surface area contributed by atoms with Crippen LogP contribution >= 0.6 is 11.6 Å². The fraction of sp³-hybridized carbons (Fsp3) is 0.417. The predicted molar refractivity (Wildman–Crippen MR) is 73.2 cm³/mol. The van der Waals surface area contributed by atoms with Gasteiger partial charge in [0.05, 0.1) is 17.5 Å². The minimum atomic E-state index is -3.74. The van der Waals surface area contributed by atoms with Crippen molar-refractivity contribution in [3.63, 3.8) is 0 Å². The molecule has 8 heteroatoms. The number of carbonyl (C=O) groups excluding carboxylic acids is 1. The summed E-state index contributed by atoms with van der Waals surface area (Å²) >= 11 is 6.04. The van der Waals surface area contributed by atoms with Crippen molar-refractivity contribution in [3.8, 4) is 0 Å². The standard InChI is InChI=1S/C12H13ClN2O4S/c13-9-5-10-7(4-12(17)14-10)3-11(9)20(18,19)15-2-1-8(16)6-15/h3,5,8,16H,1-2,4,6H2,(H,14,17)/t8-/m0/s1. The molecule has 2 heterocycles. The monoisotopic (exact) mass is 316 g/mol. The van der Waals surface area contributed by atoms with Crippen LogP contribution in [0.5, 0.6) is 0 Å². The number of β-amino-alcohol motifs (C(OH)–C–C–N with tert-alkyl or cyclic N) is 1. The molecule has 20 heavy (non-hydrogen) atoms. The number of carbonyl (C=O) groups is 1. The summed E-state index contributed by atoms with van der Waals surface area (Å²) in [5.41, 5.74) is 1.18. The zero-order chi connectivity index (χ0) is 14.5. The summed E-state index contributed by atoms with van der Waals surface area (Å²) in [5, 5.41) is 12.2. The van der Waals surface area contributed by atoms with Crippen LogP contribution in [0.4, 0.5) is 5.69 Å². The first-order valence-electron chi connectivity index (χ1n) is 6.18. The molecule has 0 spiro atoms. The van der Waals surface area contributed by atoms with Gasteiger partial charge in [0.1, 0.15) is 4.90 Å². The lowest BCUT2D eigenvalue weighted by molar-refractivity contribution is -0.115. The van der Waals surface area contributed by atoms with Gasteiger partial charge in [-0.15, -0.1) is 0 Å². The summed E-state index contributed by atoms with van der Waals surface area (Å²) in [6, 6.07) is 2.90. The van der Waals surface area contributed by atoms with E-state index in [4.69, 9.17) is 11.6 Å². The van der Waals surface area contributed by atoms with Crippen molar-refractivity contribution >= 4 is 33.2 Å². The van der Waals surface area contributed by atoms with Gasteiger partial charge in [0.2, 0.25) is 15.9 Å². The number of aliphatic hydroxyl groups excluding tert-OH is 1. The first-order chi connectivity index (χ1) is 9.38. The average molecular weight is 317 g/mol. The van der Waals surface area contributed by atoms with Crippen LogP contribution in [0.15, 0.2) is 17.0 Å². The molecule has 6 nitrogen and oxygen atoms in total. The van der Waals surface area contributed by atoms with E-state index in [1.165, 1.54) is 16.4 Å². The van der Waals surface area contributed by atoms with Gasteiger partial charge in [0.15, 0.2) is 0 Å². The Balaban J connectivity index is 2.02. The molecule has 1 aromatic carbocycles. The molecule has 1 atom stereocenters. The zero-order valence-corrected chi connectivity index (χ0v) is 12.0. The van der Waals surface area contributed by atoms with E-state index in [0.29, 0.717) is 17.7 Å². The summed E-state index contributed by atoms with van der Waals surface area (Å²) in [4.78, 5) is 11.3.